The zero-order valence-corrected chi connectivity index (χ0v) is 19.7. The number of carbonyl (C=O) groups is 1. The molecule has 172 valence electrons. The number of sulfonamides is 1. The van der Waals surface area contributed by atoms with Crippen LogP contribution in [0.25, 0.3) is 10.8 Å². The molecular formula is C24H24ClN3O4S. The molecule has 1 aliphatic heterocycles. The SMILES string of the molecule is COC1(CS(=O)(=O)N2Cc3ccc(Cl)cc3[C@@H](C(=O)Nc3cncc4ccccc34)C2)CC1. The van der Waals surface area contributed by atoms with E-state index in [1.807, 2.05) is 24.3 Å². The van der Waals surface area contributed by atoms with Crippen LogP contribution in [0.4, 0.5) is 5.69 Å². The number of nitrogens with zero attached hydrogens (tertiary/aromatic N) is 2. The highest BCUT2D eigenvalue weighted by molar-refractivity contribution is 7.89. The van der Waals surface area contributed by atoms with Gasteiger partial charge in [0.2, 0.25) is 15.9 Å². The molecular weight excluding hydrogens is 462 g/mol. The van der Waals surface area contributed by atoms with Crippen LogP contribution in [0, 0.1) is 0 Å². The first kappa shape index (κ1) is 22.3. The number of hydrogen-bond donors (Lipinski definition) is 1. The van der Waals surface area contributed by atoms with E-state index in [1.165, 1.54) is 4.31 Å². The molecule has 1 N–H and O–H groups in total. The van der Waals surface area contributed by atoms with Crippen molar-refractivity contribution in [1.82, 2.24) is 9.29 Å². The fourth-order valence-electron chi connectivity index (χ4n) is 4.43. The van der Waals surface area contributed by atoms with Crippen molar-refractivity contribution in [2.75, 3.05) is 24.7 Å². The number of benzene rings is 2. The average molecular weight is 486 g/mol. The fraction of sp³-hybridized carbons (Fsp3) is 0.333. The second kappa shape index (κ2) is 8.36. The van der Waals surface area contributed by atoms with Crippen LogP contribution in [-0.4, -0.2) is 48.6 Å². The van der Waals surface area contributed by atoms with Crippen LogP contribution < -0.4 is 5.32 Å². The van der Waals surface area contributed by atoms with E-state index in [1.54, 1.807) is 37.7 Å². The van der Waals surface area contributed by atoms with E-state index >= 15 is 0 Å². The first-order chi connectivity index (χ1) is 15.8. The number of hydrogen-bond acceptors (Lipinski definition) is 5. The van der Waals surface area contributed by atoms with Crippen molar-refractivity contribution >= 4 is 44.0 Å². The number of nitrogens with one attached hydrogen (secondary N) is 1. The molecule has 1 aromatic heterocycles. The molecule has 0 radical (unpaired) electrons. The number of fused-ring (bicyclic) bond motifs is 2. The van der Waals surface area contributed by atoms with E-state index in [0.29, 0.717) is 10.7 Å². The Kier molecular flexibility index (Phi) is 5.64. The van der Waals surface area contributed by atoms with Gasteiger partial charge in [-0.05, 0) is 36.1 Å². The first-order valence-corrected chi connectivity index (χ1v) is 12.7. The molecule has 1 fully saturated rings. The summed E-state index contributed by atoms with van der Waals surface area (Å²) >= 11 is 6.24. The molecule has 1 aliphatic carbocycles. The van der Waals surface area contributed by atoms with Gasteiger partial charge in [0.05, 0.1) is 29.2 Å². The summed E-state index contributed by atoms with van der Waals surface area (Å²) in [5, 5.41) is 5.24. The summed E-state index contributed by atoms with van der Waals surface area (Å²) in [4.78, 5) is 17.7. The van der Waals surface area contributed by atoms with Gasteiger partial charge in [0.15, 0.2) is 0 Å². The lowest BCUT2D eigenvalue weighted by atomic mass is 9.90. The van der Waals surface area contributed by atoms with E-state index in [2.05, 4.69) is 10.3 Å². The smallest absolute Gasteiger partial charge is 0.233 e. The number of amides is 1. The van der Waals surface area contributed by atoms with Crippen molar-refractivity contribution in [3.05, 3.63) is 71.0 Å². The van der Waals surface area contributed by atoms with Crippen molar-refractivity contribution in [3.8, 4) is 0 Å². The Morgan fingerprint density at radius 3 is 2.79 bits per heavy atom. The van der Waals surface area contributed by atoms with Crippen LogP contribution in [0.3, 0.4) is 0 Å². The molecule has 1 amide bonds. The van der Waals surface area contributed by atoms with Crippen molar-refractivity contribution in [1.29, 1.82) is 0 Å². The van der Waals surface area contributed by atoms with Gasteiger partial charge in [-0.1, -0.05) is 41.9 Å². The minimum absolute atomic E-state index is 0.0412. The van der Waals surface area contributed by atoms with Crippen molar-refractivity contribution in [2.45, 2.75) is 30.9 Å². The van der Waals surface area contributed by atoms with Gasteiger partial charge in [-0.25, -0.2) is 8.42 Å². The third-order valence-electron chi connectivity index (χ3n) is 6.54. The van der Waals surface area contributed by atoms with Gasteiger partial charge in [-0.2, -0.15) is 4.31 Å². The van der Waals surface area contributed by atoms with Crippen LogP contribution in [0.2, 0.25) is 5.02 Å². The molecule has 0 saturated heterocycles. The van der Waals surface area contributed by atoms with Crippen LogP contribution in [0.15, 0.2) is 54.9 Å². The molecule has 9 heteroatoms. The van der Waals surface area contributed by atoms with Crippen molar-refractivity contribution in [2.24, 2.45) is 0 Å². The minimum atomic E-state index is -3.63. The summed E-state index contributed by atoms with van der Waals surface area (Å²) in [6, 6.07) is 12.9. The monoisotopic (exact) mass is 485 g/mol. The molecule has 7 nitrogen and oxygen atoms in total. The number of aromatic nitrogens is 1. The number of pyridine rings is 1. The predicted molar refractivity (Wildman–Crippen MR) is 128 cm³/mol. The van der Waals surface area contributed by atoms with Crippen molar-refractivity contribution < 1.29 is 17.9 Å². The molecule has 1 saturated carbocycles. The van der Waals surface area contributed by atoms with Crippen LogP contribution in [-0.2, 0) is 26.1 Å². The summed E-state index contributed by atoms with van der Waals surface area (Å²) in [6.45, 7) is 0.244. The molecule has 0 bridgehead atoms. The summed E-state index contributed by atoms with van der Waals surface area (Å²) < 4.78 is 33.4. The summed E-state index contributed by atoms with van der Waals surface area (Å²) in [5.41, 5.74) is 1.49. The predicted octanol–water partition coefficient (Wildman–Crippen LogP) is 3.93. The largest absolute Gasteiger partial charge is 0.377 e. The molecule has 33 heavy (non-hydrogen) atoms. The Balaban J connectivity index is 1.47. The Labute approximate surface area is 197 Å². The Morgan fingerprint density at radius 1 is 1.24 bits per heavy atom. The molecule has 5 rings (SSSR count). The van der Waals surface area contributed by atoms with Gasteiger partial charge in [-0.15, -0.1) is 0 Å². The van der Waals surface area contributed by atoms with Gasteiger partial charge in [-0.3, -0.25) is 9.78 Å². The summed E-state index contributed by atoms with van der Waals surface area (Å²) in [7, 11) is -2.09. The number of ether oxygens (including phenoxy) is 1. The number of carbonyl (C=O) groups excluding carboxylic acids is 1. The van der Waals surface area contributed by atoms with Crippen molar-refractivity contribution in [3.63, 3.8) is 0 Å². The maximum absolute atomic E-state index is 13.5. The topological polar surface area (TPSA) is 88.6 Å². The molecule has 0 spiro atoms. The molecule has 2 aromatic carbocycles. The second-order valence-corrected chi connectivity index (χ2v) is 11.1. The van der Waals surface area contributed by atoms with Gasteiger partial charge in [0.1, 0.15) is 0 Å². The number of anilines is 1. The molecule has 2 aliphatic rings. The third-order valence-corrected chi connectivity index (χ3v) is 8.73. The van der Waals surface area contributed by atoms with Crippen LogP contribution in [0.5, 0.6) is 0 Å². The standard InChI is InChI=1S/C24H24ClN3O4S/c1-32-24(8-9-24)15-33(30,31)28-13-17-6-7-18(25)10-20(17)21(14-28)23(29)27-22-12-26-11-16-4-2-3-5-19(16)22/h2-7,10-12,21H,8-9,13-15H2,1H3,(H,27,29)/t21-/m0/s1. The zero-order chi connectivity index (χ0) is 23.2. The maximum atomic E-state index is 13.5. The zero-order valence-electron chi connectivity index (χ0n) is 18.1. The number of methoxy groups -OCH3 is 1. The van der Waals surface area contributed by atoms with E-state index in [9.17, 15) is 13.2 Å². The number of halogens is 1. The summed E-state index contributed by atoms with van der Waals surface area (Å²) in [6.07, 6.45) is 4.78. The maximum Gasteiger partial charge on any atom is 0.233 e. The molecule has 0 unspecified atom stereocenters. The molecule has 3 aromatic rings. The summed E-state index contributed by atoms with van der Waals surface area (Å²) in [5.74, 6) is -1.09. The Hall–Kier alpha value is -2.52. The normalized spacial score (nSPS) is 19.8. The lowest BCUT2D eigenvalue weighted by Gasteiger charge is -2.34. The van der Waals surface area contributed by atoms with E-state index in [0.717, 1.165) is 34.7 Å². The van der Waals surface area contributed by atoms with Crippen LogP contribution in [0.1, 0.15) is 29.9 Å². The lowest BCUT2D eigenvalue weighted by Crippen LogP contribution is -2.45. The van der Waals surface area contributed by atoms with Gasteiger partial charge in [0.25, 0.3) is 0 Å². The highest BCUT2D eigenvalue weighted by Crippen LogP contribution is 2.42. The number of rotatable bonds is 6. The fourth-order valence-corrected chi connectivity index (χ4v) is 6.58. The molecule has 2 heterocycles. The quantitative estimate of drug-likeness (QED) is 0.571. The van der Waals surface area contributed by atoms with E-state index < -0.39 is 21.5 Å². The van der Waals surface area contributed by atoms with E-state index in [-0.39, 0.29) is 24.7 Å². The van der Waals surface area contributed by atoms with Gasteiger partial charge < -0.3 is 10.1 Å². The third kappa shape index (κ3) is 4.36. The highest BCUT2D eigenvalue weighted by atomic mass is 35.5. The van der Waals surface area contributed by atoms with Crippen LogP contribution >= 0.6 is 11.6 Å². The Morgan fingerprint density at radius 2 is 2.03 bits per heavy atom. The van der Waals surface area contributed by atoms with Gasteiger partial charge >= 0.3 is 0 Å². The minimum Gasteiger partial charge on any atom is -0.377 e. The first-order valence-electron chi connectivity index (χ1n) is 10.8. The van der Waals surface area contributed by atoms with Gasteiger partial charge in [0, 0.05) is 42.2 Å². The van der Waals surface area contributed by atoms with E-state index in [4.69, 9.17) is 16.3 Å². The lowest BCUT2D eigenvalue weighted by molar-refractivity contribution is -0.118. The second-order valence-electron chi connectivity index (χ2n) is 8.73. The Bertz CT molecular complexity index is 1340. The average Bonchev–Trinajstić information content (AvgIpc) is 3.57. The highest BCUT2D eigenvalue weighted by Gasteiger charge is 2.49. The molecule has 1 atom stereocenters.